The molecule has 0 fully saturated rings. The van der Waals surface area contributed by atoms with Gasteiger partial charge in [-0.2, -0.15) is 13.2 Å². The summed E-state index contributed by atoms with van der Waals surface area (Å²) in [4.78, 5) is -0.360. The summed E-state index contributed by atoms with van der Waals surface area (Å²) in [7, 11) is -4.14. The maximum atomic E-state index is 13.7. The molecule has 0 amide bonds. The van der Waals surface area contributed by atoms with E-state index in [1.54, 1.807) is 0 Å². The summed E-state index contributed by atoms with van der Waals surface area (Å²) >= 11 is 5.49. The lowest BCUT2D eigenvalue weighted by molar-refractivity contribution is -0.137. The molecular weight excluding hydrogens is 377 g/mol. The van der Waals surface area contributed by atoms with Gasteiger partial charge in [-0.05, 0) is 30.3 Å². The molecule has 2 rings (SSSR count). The molecule has 10 heteroatoms. The predicted octanol–water partition coefficient (Wildman–Crippen LogP) is 4.12. The molecule has 0 spiro atoms. The fourth-order valence-electron chi connectivity index (χ4n) is 1.77. The van der Waals surface area contributed by atoms with Crippen LogP contribution in [0.15, 0.2) is 41.3 Å². The van der Waals surface area contributed by atoms with Crippen LogP contribution >= 0.6 is 11.6 Å². The van der Waals surface area contributed by atoms with Gasteiger partial charge in [-0.15, -0.1) is 0 Å². The smallest absolute Gasteiger partial charge is 0.207 e. The van der Waals surface area contributed by atoms with Crippen molar-refractivity contribution in [2.45, 2.75) is 17.6 Å². The Morgan fingerprint density at radius 3 is 2.21 bits per heavy atom. The molecule has 130 valence electrons. The Labute approximate surface area is 139 Å². The maximum absolute atomic E-state index is 13.7. The average molecular weight is 386 g/mol. The zero-order valence-corrected chi connectivity index (χ0v) is 13.2. The molecule has 2 aromatic rings. The normalized spacial score (nSPS) is 12.4. The summed E-state index contributed by atoms with van der Waals surface area (Å²) in [5, 5.41) is -0.418. The summed E-state index contributed by atoms with van der Waals surface area (Å²) in [6.45, 7) is -0.582. The quantitative estimate of drug-likeness (QED) is 0.805. The molecule has 2 aromatic carbocycles. The van der Waals surface area contributed by atoms with E-state index in [9.17, 15) is 30.4 Å². The van der Waals surface area contributed by atoms with Gasteiger partial charge in [-0.1, -0.05) is 17.7 Å². The van der Waals surface area contributed by atoms with Gasteiger partial charge in [0.2, 0.25) is 10.0 Å². The predicted molar refractivity (Wildman–Crippen MR) is 76.8 cm³/mol. The molecule has 0 aliphatic carbocycles. The molecule has 3 nitrogen and oxygen atoms in total. The lowest BCUT2D eigenvalue weighted by Crippen LogP contribution is -2.24. The number of hydrogen-bond donors (Lipinski definition) is 1. The Balaban J connectivity index is 2.19. The van der Waals surface area contributed by atoms with Crippen molar-refractivity contribution in [3.63, 3.8) is 0 Å². The second-order valence-corrected chi connectivity index (χ2v) is 6.88. The van der Waals surface area contributed by atoms with Gasteiger partial charge in [0, 0.05) is 12.1 Å². The topological polar surface area (TPSA) is 46.2 Å². The van der Waals surface area contributed by atoms with Crippen LogP contribution in [0, 0.1) is 11.6 Å². The minimum absolute atomic E-state index is 0.276. The highest BCUT2D eigenvalue weighted by atomic mass is 35.5. The van der Waals surface area contributed by atoms with Crippen LogP contribution in [0.4, 0.5) is 22.0 Å². The molecule has 0 aliphatic rings. The number of halogens is 6. The van der Waals surface area contributed by atoms with Crippen LogP contribution in [0.5, 0.6) is 0 Å². The molecule has 1 N–H and O–H groups in total. The first-order valence-corrected chi connectivity index (χ1v) is 8.17. The van der Waals surface area contributed by atoms with Crippen molar-refractivity contribution in [1.29, 1.82) is 0 Å². The van der Waals surface area contributed by atoms with Crippen molar-refractivity contribution in [3.05, 3.63) is 64.2 Å². The molecule has 0 radical (unpaired) electrons. The molecular formula is C14H9ClF5NO2S. The third-order valence-corrected chi connectivity index (χ3v) is 4.72. The first-order valence-electron chi connectivity index (χ1n) is 6.31. The molecule has 0 aromatic heterocycles. The van der Waals surface area contributed by atoms with Gasteiger partial charge in [-0.3, -0.25) is 0 Å². The summed E-state index contributed by atoms with van der Waals surface area (Å²) in [6, 6.07) is 4.41. The highest BCUT2D eigenvalue weighted by Crippen LogP contribution is 2.30. The molecule has 0 unspecified atom stereocenters. The fourth-order valence-corrected chi connectivity index (χ4v) is 3.04. The molecule has 0 atom stereocenters. The van der Waals surface area contributed by atoms with E-state index in [0.717, 1.165) is 24.3 Å². The van der Waals surface area contributed by atoms with Crippen LogP contribution < -0.4 is 4.72 Å². The second-order valence-electron chi connectivity index (χ2n) is 4.70. The fraction of sp³-hybridized carbons (Fsp3) is 0.143. The Bertz CT molecular complexity index is 868. The number of benzene rings is 2. The molecule has 0 heterocycles. The zero-order valence-electron chi connectivity index (χ0n) is 11.7. The summed E-state index contributed by atoms with van der Waals surface area (Å²) in [6.07, 6.45) is -4.70. The van der Waals surface area contributed by atoms with Crippen molar-refractivity contribution < 1.29 is 30.4 Å². The highest BCUT2D eigenvalue weighted by Gasteiger charge is 2.31. The van der Waals surface area contributed by atoms with Crippen LogP contribution in [0.25, 0.3) is 0 Å². The van der Waals surface area contributed by atoms with Crippen molar-refractivity contribution in [1.82, 2.24) is 4.72 Å². The zero-order chi connectivity index (χ0) is 18.1. The Morgan fingerprint density at radius 2 is 1.67 bits per heavy atom. The standard InChI is InChI=1S/C14H9ClF5NO2S/c15-11-6-10(3-4-12(11)16)24(22,23)21-7-8-1-2-9(5-13(8)17)14(18,19)20/h1-6,21H,7H2. The third-order valence-electron chi connectivity index (χ3n) is 3.03. The van der Waals surface area contributed by atoms with Crippen LogP contribution in [0.2, 0.25) is 5.02 Å². The lowest BCUT2D eigenvalue weighted by atomic mass is 10.1. The van der Waals surface area contributed by atoms with E-state index >= 15 is 0 Å². The van der Waals surface area contributed by atoms with Crippen molar-refractivity contribution >= 4 is 21.6 Å². The first-order chi connectivity index (χ1) is 11.0. The molecule has 0 saturated heterocycles. The average Bonchev–Trinajstić information content (AvgIpc) is 2.47. The Hall–Kier alpha value is -1.71. The maximum Gasteiger partial charge on any atom is 0.416 e. The van der Waals surface area contributed by atoms with Gasteiger partial charge >= 0.3 is 6.18 Å². The lowest BCUT2D eigenvalue weighted by Gasteiger charge is -2.11. The van der Waals surface area contributed by atoms with E-state index < -0.39 is 45.0 Å². The molecule has 24 heavy (non-hydrogen) atoms. The highest BCUT2D eigenvalue weighted by molar-refractivity contribution is 7.89. The number of nitrogens with one attached hydrogen (secondary N) is 1. The summed E-state index contributed by atoms with van der Waals surface area (Å²) in [5.41, 5.74) is -1.46. The summed E-state index contributed by atoms with van der Waals surface area (Å²) < 4.78 is 90.1. The first kappa shape index (κ1) is 18.6. The van der Waals surface area contributed by atoms with Gasteiger partial charge < -0.3 is 0 Å². The number of rotatable bonds is 4. The second kappa shape index (κ2) is 6.66. The molecule has 0 bridgehead atoms. The van der Waals surface area contributed by atoms with E-state index in [0.29, 0.717) is 6.07 Å². The van der Waals surface area contributed by atoms with Crippen molar-refractivity contribution in [2.75, 3.05) is 0 Å². The SMILES string of the molecule is O=S(=O)(NCc1ccc(C(F)(F)F)cc1F)c1ccc(F)c(Cl)c1. The minimum atomic E-state index is -4.70. The Morgan fingerprint density at radius 1 is 1.00 bits per heavy atom. The number of hydrogen-bond acceptors (Lipinski definition) is 2. The van der Waals surface area contributed by atoms with E-state index in [-0.39, 0.29) is 16.5 Å². The largest absolute Gasteiger partial charge is 0.416 e. The van der Waals surface area contributed by atoms with Crippen LogP contribution in [0.1, 0.15) is 11.1 Å². The van der Waals surface area contributed by atoms with Crippen LogP contribution in [-0.4, -0.2) is 8.42 Å². The van der Waals surface area contributed by atoms with Crippen LogP contribution in [-0.2, 0) is 22.7 Å². The van der Waals surface area contributed by atoms with Gasteiger partial charge in [0.05, 0.1) is 15.5 Å². The van der Waals surface area contributed by atoms with Gasteiger partial charge in [0.15, 0.2) is 0 Å². The van der Waals surface area contributed by atoms with E-state index in [4.69, 9.17) is 11.6 Å². The van der Waals surface area contributed by atoms with E-state index in [1.165, 1.54) is 0 Å². The molecule has 0 aliphatic heterocycles. The van der Waals surface area contributed by atoms with Gasteiger partial charge in [0.25, 0.3) is 0 Å². The van der Waals surface area contributed by atoms with Gasteiger partial charge in [0.1, 0.15) is 11.6 Å². The van der Waals surface area contributed by atoms with Crippen LogP contribution in [0.3, 0.4) is 0 Å². The third kappa shape index (κ3) is 4.22. The van der Waals surface area contributed by atoms with E-state index in [1.807, 2.05) is 4.72 Å². The van der Waals surface area contributed by atoms with Crippen molar-refractivity contribution in [3.8, 4) is 0 Å². The monoisotopic (exact) mass is 385 g/mol. The minimum Gasteiger partial charge on any atom is -0.207 e. The van der Waals surface area contributed by atoms with Gasteiger partial charge in [-0.25, -0.2) is 21.9 Å². The Kier molecular flexibility index (Phi) is 5.17. The number of sulfonamides is 1. The van der Waals surface area contributed by atoms with Crippen molar-refractivity contribution in [2.24, 2.45) is 0 Å². The number of alkyl halides is 3. The molecule has 0 saturated carbocycles. The summed E-state index contributed by atoms with van der Waals surface area (Å²) in [5.74, 6) is -2.02. The van der Waals surface area contributed by atoms with E-state index in [2.05, 4.69) is 0 Å².